The number of rotatable bonds is 2. The standard InChI is InChI=1S/C10H10N4O2S/c11-5-7-1-2-12-10(13-7)14-3-4-17-6-8(14)9(15)16/h1-2,8H,3-4,6H2,(H,15,16). The van der Waals surface area contributed by atoms with Gasteiger partial charge in [0.25, 0.3) is 0 Å². The molecule has 6 nitrogen and oxygen atoms in total. The lowest BCUT2D eigenvalue weighted by Gasteiger charge is -2.32. The first-order valence-electron chi connectivity index (χ1n) is 5.02. The normalized spacial score (nSPS) is 19.7. The van der Waals surface area contributed by atoms with Gasteiger partial charge in [-0.25, -0.2) is 14.8 Å². The van der Waals surface area contributed by atoms with Gasteiger partial charge in [-0.15, -0.1) is 0 Å². The van der Waals surface area contributed by atoms with Gasteiger partial charge < -0.3 is 10.0 Å². The highest BCUT2D eigenvalue weighted by atomic mass is 32.2. The summed E-state index contributed by atoms with van der Waals surface area (Å²) >= 11 is 1.60. The topological polar surface area (TPSA) is 90.1 Å². The second-order valence-corrected chi connectivity index (χ2v) is 4.63. The summed E-state index contributed by atoms with van der Waals surface area (Å²) in [6.45, 7) is 0.580. The molecule has 0 bridgehead atoms. The van der Waals surface area contributed by atoms with E-state index in [-0.39, 0.29) is 5.69 Å². The Morgan fingerprint density at radius 2 is 2.53 bits per heavy atom. The predicted octanol–water partition coefficient (Wildman–Crippen LogP) is 0.355. The summed E-state index contributed by atoms with van der Waals surface area (Å²) < 4.78 is 0. The number of carboxylic acids is 1. The summed E-state index contributed by atoms with van der Waals surface area (Å²) in [5.74, 6) is 0.777. The lowest BCUT2D eigenvalue weighted by Crippen LogP contribution is -2.48. The van der Waals surface area contributed by atoms with Gasteiger partial charge in [-0.3, -0.25) is 0 Å². The van der Waals surface area contributed by atoms with Crippen molar-refractivity contribution in [2.24, 2.45) is 0 Å². The number of aromatic nitrogens is 2. The summed E-state index contributed by atoms with van der Waals surface area (Å²) in [7, 11) is 0. The molecule has 0 amide bonds. The van der Waals surface area contributed by atoms with Crippen molar-refractivity contribution in [1.29, 1.82) is 5.26 Å². The van der Waals surface area contributed by atoms with E-state index in [1.165, 1.54) is 12.3 Å². The van der Waals surface area contributed by atoms with Crippen LogP contribution in [0.15, 0.2) is 12.3 Å². The molecule has 7 heteroatoms. The zero-order chi connectivity index (χ0) is 12.3. The maximum atomic E-state index is 11.1. The summed E-state index contributed by atoms with van der Waals surface area (Å²) in [6, 6.07) is 2.80. The van der Waals surface area contributed by atoms with Crippen LogP contribution in [0, 0.1) is 11.3 Å². The van der Waals surface area contributed by atoms with Crippen molar-refractivity contribution in [3.63, 3.8) is 0 Å². The third-order valence-corrected chi connectivity index (χ3v) is 3.45. The zero-order valence-corrected chi connectivity index (χ0v) is 9.72. The van der Waals surface area contributed by atoms with Crippen molar-refractivity contribution >= 4 is 23.7 Å². The van der Waals surface area contributed by atoms with Gasteiger partial charge >= 0.3 is 5.97 Å². The summed E-state index contributed by atoms with van der Waals surface area (Å²) in [5.41, 5.74) is 0.248. The smallest absolute Gasteiger partial charge is 0.327 e. The Bertz CT molecular complexity index is 474. The van der Waals surface area contributed by atoms with E-state index in [2.05, 4.69) is 9.97 Å². The van der Waals surface area contributed by atoms with Crippen LogP contribution >= 0.6 is 11.8 Å². The Labute approximate surface area is 102 Å². The number of nitrogens with zero attached hydrogens (tertiary/aromatic N) is 4. The highest BCUT2D eigenvalue weighted by Crippen LogP contribution is 2.21. The summed E-state index contributed by atoms with van der Waals surface area (Å²) in [4.78, 5) is 20.8. The van der Waals surface area contributed by atoms with Crippen LogP contribution in [0.2, 0.25) is 0 Å². The molecule has 1 aliphatic rings. The Balaban J connectivity index is 2.29. The Morgan fingerprint density at radius 3 is 3.24 bits per heavy atom. The molecule has 2 heterocycles. The van der Waals surface area contributed by atoms with Crippen LogP contribution in [-0.2, 0) is 4.79 Å². The van der Waals surface area contributed by atoms with E-state index >= 15 is 0 Å². The van der Waals surface area contributed by atoms with Crippen molar-refractivity contribution in [3.8, 4) is 6.07 Å². The average Bonchev–Trinajstić information content (AvgIpc) is 2.39. The molecule has 1 aromatic rings. The number of hydrogen-bond acceptors (Lipinski definition) is 6. The van der Waals surface area contributed by atoms with Gasteiger partial charge in [0.2, 0.25) is 5.95 Å². The van der Waals surface area contributed by atoms with Gasteiger partial charge in [-0.2, -0.15) is 17.0 Å². The van der Waals surface area contributed by atoms with Crippen LogP contribution in [0.4, 0.5) is 5.95 Å². The van der Waals surface area contributed by atoms with Gasteiger partial charge in [-0.1, -0.05) is 0 Å². The molecule has 88 valence electrons. The molecule has 0 spiro atoms. The molecule has 1 fully saturated rings. The highest BCUT2D eigenvalue weighted by Gasteiger charge is 2.30. The molecule has 2 rings (SSSR count). The molecule has 1 aromatic heterocycles. The van der Waals surface area contributed by atoms with Gasteiger partial charge in [0, 0.05) is 24.2 Å². The van der Waals surface area contributed by atoms with Crippen molar-refractivity contribution in [3.05, 3.63) is 18.0 Å². The van der Waals surface area contributed by atoms with E-state index in [1.807, 2.05) is 6.07 Å². The number of aliphatic carboxylic acids is 1. The van der Waals surface area contributed by atoms with Gasteiger partial charge in [-0.05, 0) is 6.07 Å². The predicted molar refractivity (Wildman–Crippen MR) is 62.8 cm³/mol. The monoisotopic (exact) mass is 250 g/mol. The first-order chi connectivity index (χ1) is 8.22. The van der Waals surface area contributed by atoms with Crippen molar-refractivity contribution in [2.75, 3.05) is 23.0 Å². The fourth-order valence-electron chi connectivity index (χ4n) is 1.60. The van der Waals surface area contributed by atoms with Crippen molar-refractivity contribution in [2.45, 2.75) is 6.04 Å². The number of anilines is 1. The third-order valence-electron chi connectivity index (χ3n) is 2.43. The Morgan fingerprint density at radius 1 is 1.71 bits per heavy atom. The quantitative estimate of drug-likeness (QED) is 0.810. The van der Waals surface area contributed by atoms with Crippen LogP contribution < -0.4 is 4.90 Å². The molecule has 0 aromatic carbocycles. The number of carboxylic acid groups (broad SMARTS) is 1. The van der Waals surface area contributed by atoms with Gasteiger partial charge in [0.15, 0.2) is 0 Å². The van der Waals surface area contributed by atoms with Crippen LogP contribution in [0.5, 0.6) is 0 Å². The maximum Gasteiger partial charge on any atom is 0.327 e. The minimum Gasteiger partial charge on any atom is -0.480 e. The summed E-state index contributed by atoms with van der Waals surface area (Å²) in [5, 5.41) is 17.9. The highest BCUT2D eigenvalue weighted by molar-refractivity contribution is 7.99. The largest absolute Gasteiger partial charge is 0.480 e. The van der Waals surface area contributed by atoms with Crippen LogP contribution in [0.3, 0.4) is 0 Å². The third kappa shape index (κ3) is 2.47. The molecule has 1 aliphatic heterocycles. The fraction of sp³-hybridized carbons (Fsp3) is 0.400. The van der Waals surface area contributed by atoms with Crippen LogP contribution in [0.25, 0.3) is 0 Å². The number of carbonyl (C=O) groups is 1. The first kappa shape index (κ1) is 11.7. The minimum atomic E-state index is -0.886. The van der Waals surface area contributed by atoms with E-state index in [0.717, 1.165) is 5.75 Å². The van der Waals surface area contributed by atoms with E-state index < -0.39 is 12.0 Å². The molecule has 1 saturated heterocycles. The SMILES string of the molecule is N#Cc1ccnc(N2CCSCC2C(=O)O)n1. The summed E-state index contributed by atoms with van der Waals surface area (Å²) in [6.07, 6.45) is 1.47. The maximum absolute atomic E-state index is 11.1. The molecule has 1 atom stereocenters. The average molecular weight is 250 g/mol. The second kappa shape index (κ2) is 5.01. The Hall–Kier alpha value is -1.81. The Kier molecular flexibility index (Phi) is 3.44. The molecule has 0 radical (unpaired) electrons. The lowest BCUT2D eigenvalue weighted by atomic mass is 10.3. The van der Waals surface area contributed by atoms with Gasteiger partial charge in [0.1, 0.15) is 17.8 Å². The molecule has 1 N–H and O–H groups in total. The fourth-order valence-corrected chi connectivity index (χ4v) is 2.63. The molecule has 1 unspecified atom stereocenters. The molecular formula is C10H10N4O2S. The van der Waals surface area contributed by atoms with Crippen LogP contribution in [-0.4, -0.2) is 45.1 Å². The van der Waals surface area contributed by atoms with Crippen molar-refractivity contribution < 1.29 is 9.90 Å². The van der Waals surface area contributed by atoms with E-state index in [0.29, 0.717) is 18.2 Å². The molecular weight excluding hydrogens is 240 g/mol. The molecule has 0 saturated carbocycles. The number of hydrogen-bond donors (Lipinski definition) is 1. The van der Waals surface area contributed by atoms with E-state index in [4.69, 9.17) is 10.4 Å². The van der Waals surface area contributed by atoms with E-state index in [1.54, 1.807) is 16.7 Å². The first-order valence-corrected chi connectivity index (χ1v) is 6.18. The molecule has 0 aliphatic carbocycles. The minimum absolute atomic E-state index is 0.248. The van der Waals surface area contributed by atoms with Gasteiger partial charge in [0.05, 0.1) is 0 Å². The zero-order valence-electron chi connectivity index (χ0n) is 8.91. The number of nitriles is 1. The van der Waals surface area contributed by atoms with E-state index in [9.17, 15) is 4.79 Å². The number of thioether (sulfide) groups is 1. The lowest BCUT2D eigenvalue weighted by molar-refractivity contribution is -0.138. The van der Waals surface area contributed by atoms with Crippen molar-refractivity contribution in [1.82, 2.24) is 9.97 Å². The van der Waals surface area contributed by atoms with Crippen LogP contribution in [0.1, 0.15) is 5.69 Å². The second-order valence-electron chi connectivity index (χ2n) is 3.48. The molecule has 17 heavy (non-hydrogen) atoms.